The van der Waals surface area contributed by atoms with Gasteiger partial charge in [0.05, 0.1) is 18.8 Å². The fourth-order valence-corrected chi connectivity index (χ4v) is 2.26. The van der Waals surface area contributed by atoms with Gasteiger partial charge in [-0.05, 0) is 32.4 Å². The molecule has 19 heavy (non-hydrogen) atoms. The number of para-hydroxylation sites is 1. The van der Waals surface area contributed by atoms with E-state index in [-0.39, 0.29) is 18.1 Å². The van der Waals surface area contributed by atoms with Gasteiger partial charge in [-0.1, -0.05) is 18.2 Å². The summed E-state index contributed by atoms with van der Waals surface area (Å²) in [7, 11) is 0. The molecule has 0 N–H and O–H groups in total. The molecule has 1 amide bonds. The van der Waals surface area contributed by atoms with E-state index in [0.29, 0.717) is 19.8 Å². The highest BCUT2D eigenvalue weighted by Gasteiger charge is 2.34. The maximum Gasteiger partial charge on any atom is 0.261 e. The SMILES string of the molecule is Cc1ccccc1OCC(=O)N1CCOCC1(C)C. The van der Waals surface area contributed by atoms with Gasteiger partial charge in [-0.15, -0.1) is 0 Å². The van der Waals surface area contributed by atoms with Crippen LogP contribution in [0.2, 0.25) is 0 Å². The molecule has 4 heteroatoms. The first-order chi connectivity index (χ1) is 9.00. The largest absolute Gasteiger partial charge is 0.484 e. The van der Waals surface area contributed by atoms with E-state index >= 15 is 0 Å². The Morgan fingerprint density at radius 1 is 1.42 bits per heavy atom. The first-order valence-corrected chi connectivity index (χ1v) is 6.57. The van der Waals surface area contributed by atoms with Crippen LogP contribution in [-0.4, -0.2) is 42.7 Å². The fraction of sp³-hybridized carbons (Fsp3) is 0.533. The summed E-state index contributed by atoms with van der Waals surface area (Å²) in [5, 5.41) is 0. The van der Waals surface area contributed by atoms with Gasteiger partial charge in [-0.3, -0.25) is 4.79 Å². The van der Waals surface area contributed by atoms with E-state index in [0.717, 1.165) is 11.3 Å². The summed E-state index contributed by atoms with van der Waals surface area (Å²) in [6, 6.07) is 7.71. The molecule has 0 radical (unpaired) electrons. The van der Waals surface area contributed by atoms with Crippen molar-refractivity contribution < 1.29 is 14.3 Å². The second-order valence-electron chi connectivity index (χ2n) is 5.46. The Hall–Kier alpha value is -1.55. The third kappa shape index (κ3) is 3.26. The Morgan fingerprint density at radius 3 is 2.84 bits per heavy atom. The van der Waals surface area contributed by atoms with Crippen molar-refractivity contribution in [1.82, 2.24) is 4.90 Å². The minimum absolute atomic E-state index is 0.0107. The number of hydrogen-bond donors (Lipinski definition) is 0. The Balaban J connectivity index is 1.96. The number of hydrogen-bond acceptors (Lipinski definition) is 3. The lowest BCUT2D eigenvalue weighted by Gasteiger charge is -2.42. The highest BCUT2D eigenvalue weighted by Crippen LogP contribution is 2.20. The van der Waals surface area contributed by atoms with Crippen LogP contribution in [0.3, 0.4) is 0 Å². The zero-order chi connectivity index (χ0) is 13.9. The second kappa shape index (κ2) is 5.61. The number of carbonyl (C=O) groups excluding carboxylic acids is 1. The molecule has 1 aromatic rings. The highest BCUT2D eigenvalue weighted by molar-refractivity contribution is 5.78. The van der Waals surface area contributed by atoms with Gasteiger partial charge < -0.3 is 14.4 Å². The molecule has 0 saturated carbocycles. The highest BCUT2D eigenvalue weighted by atomic mass is 16.5. The lowest BCUT2D eigenvalue weighted by molar-refractivity contribution is -0.148. The maximum absolute atomic E-state index is 12.2. The first-order valence-electron chi connectivity index (χ1n) is 6.57. The van der Waals surface area contributed by atoms with Crippen molar-refractivity contribution in [3.05, 3.63) is 29.8 Å². The molecule has 0 bridgehead atoms. The molecule has 0 aliphatic carbocycles. The van der Waals surface area contributed by atoms with E-state index < -0.39 is 0 Å². The molecule has 1 heterocycles. The fourth-order valence-electron chi connectivity index (χ4n) is 2.26. The van der Waals surface area contributed by atoms with Crippen molar-refractivity contribution in [2.75, 3.05) is 26.4 Å². The quantitative estimate of drug-likeness (QED) is 0.837. The molecular weight excluding hydrogens is 242 g/mol. The van der Waals surface area contributed by atoms with Gasteiger partial charge in [-0.25, -0.2) is 0 Å². The van der Waals surface area contributed by atoms with E-state index in [9.17, 15) is 4.79 Å². The van der Waals surface area contributed by atoms with Crippen LogP contribution >= 0.6 is 0 Å². The van der Waals surface area contributed by atoms with Crippen molar-refractivity contribution in [1.29, 1.82) is 0 Å². The Labute approximate surface area is 114 Å². The molecule has 1 aliphatic rings. The number of carbonyl (C=O) groups is 1. The van der Waals surface area contributed by atoms with Crippen LogP contribution in [0.1, 0.15) is 19.4 Å². The number of rotatable bonds is 3. The molecule has 0 unspecified atom stereocenters. The van der Waals surface area contributed by atoms with E-state index in [2.05, 4.69) is 0 Å². The summed E-state index contributed by atoms with van der Waals surface area (Å²) in [6.07, 6.45) is 0. The number of benzene rings is 1. The summed E-state index contributed by atoms with van der Waals surface area (Å²) >= 11 is 0. The zero-order valence-electron chi connectivity index (χ0n) is 11.8. The average Bonchev–Trinajstić information content (AvgIpc) is 2.37. The van der Waals surface area contributed by atoms with Crippen LogP contribution in [0.4, 0.5) is 0 Å². The van der Waals surface area contributed by atoms with E-state index in [4.69, 9.17) is 9.47 Å². The summed E-state index contributed by atoms with van der Waals surface area (Å²) in [4.78, 5) is 14.1. The Kier molecular flexibility index (Phi) is 4.10. The molecule has 2 rings (SSSR count). The molecule has 1 aliphatic heterocycles. The summed E-state index contributed by atoms with van der Waals surface area (Å²) in [5.41, 5.74) is 0.779. The molecule has 0 atom stereocenters. The van der Waals surface area contributed by atoms with E-state index in [1.807, 2.05) is 49.9 Å². The summed E-state index contributed by atoms with van der Waals surface area (Å²) in [5.74, 6) is 0.776. The minimum atomic E-state index is -0.259. The van der Waals surface area contributed by atoms with Gasteiger partial charge in [0.1, 0.15) is 5.75 Å². The smallest absolute Gasteiger partial charge is 0.261 e. The van der Waals surface area contributed by atoms with Crippen LogP contribution in [0.5, 0.6) is 5.75 Å². The molecule has 4 nitrogen and oxygen atoms in total. The van der Waals surface area contributed by atoms with Gasteiger partial charge in [0.2, 0.25) is 0 Å². The first kappa shape index (κ1) is 13.9. The van der Waals surface area contributed by atoms with Gasteiger partial charge >= 0.3 is 0 Å². The number of nitrogens with zero attached hydrogens (tertiary/aromatic N) is 1. The molecule has 0 aromatic heterocycles. The van der Waals surface area contributed by atoms with Gasteiger partial charge in [0.15, 0.2) is 6.61 Å². The summed E-state index contributed by atoms with van der Waals surface area (Å²) in [6.45, 7) is 7.87. The normalized spacial score (nSPS) is 18.2. The standard InChI is InChI=1S/C15H21NO3/c1-12-6-4-5-7-13(12)19-10-14(17)16-8-9-18-11-15(16,2)3/h4-7H,8-11H2,1-3H3. The molecular formula is C15H21NO3. The predicted molar refractivity (Wildman–Crippen MR) is 73.3 cm³/mol. The lowest BCUT2D eigenvalue weighted by Crippen LogP contribution is -2.56. The summed E-state index contributed by atoms with van der Waals surface area (Å²) < 4.78 is 11.0. The number of morpholine rings is 1. The zero-order valence-corrected chi connectivity index (χ0v) is 11.8. The monoisotopic (exact) mass is 263 g/mol. The van der Waals surface area contributed by atoms with Gasteiger partial charge in [-0.2, -0.15) is 0 Å². The number of ether oxygens (including phenoxy) is 2. The van der Waals surface area contributed by atoms with Crippen molar-refractivity contribution in [3.8, 4) is 5.75 Å². The maximum atomic E-state index is 12.2. The van der Waals surface area contributed by atoms with Crippen LogP contribution in [0.25, 0.3) is 0 Å². The average molecular weight is 263 g/mol. The van der Waals surface area contributed by atoms with Gasteiger partial charge in [0, 0.05) is 6.54 Å². The van der Waals surface area contributed by atoms with Crippen molar-refractivity contribution in [3.63, 3.8) is 0 Å². The third-order valence-corrected chi connectivity index (χ3v) is 3.39. The Morgan fingerprint density at radius 2 is 2.16 bits per heavy atom. The van der Waals surface area contributed by atoms with Crippen LogP contribution in [0, 0.1) is 6.92 Å². The molecule has 104 valence electrons. The predicted octanol–water partition coefficient (Wildman–Crippen LogP) is 2.01. The minimum Gasteiger partial charge on any atom is -0.484 e. The lowest BCUT2D eigenvalue weighted by atomic mass is 10.0. The molecule has 1 saturated heterocycles. The van der Waals surface area contributed by atoms with Crippen LogP contribution in [0.15, 0.2) is 24.3 Å². The van der Waals surface area contributed by atoms with E-state index in [1.165, 1.54) is 0 Å². The number of aryl methyl sites for hydroxylation is 1. The van der Waals surface area contributed by atoms with Crippen molar-refractivity contribution in [2.45, 2.75) is 26.3 Å². The van der Waals surface area contributed by atoms with Crippen molar-refractivity contribution >= 4 is 5.91 Å². The number of amides is 1. The van der Waals surface area contributed by atoms with Gasteiger partial charge in [0.25, 0.3) is 5.91 Å². The second-order valence-corrected chi connectivity index (χ2v) is 5.46. The van der Waals surface area contributed by atoms with E-state index in [1.54, 1.807) is 0 Å². The molecule has 1 fully saturated rings. The van der Waals surface area contributed by atoms with Crippen molar-refractivity contribution in [2.24, 2.45) is 0 Å². The Bertz CT molecular complexity index is 456. The van der Waals surface area contributed by atoms with Crippen LogP contribution in [-0.2, 0) is 9.53 Å². The third-order valence-electron chi connectivity index (χ3n) is 3.39. The molecule has 0 spiro atoms. The topological polar surface area (TPSA) is 38.8 Å². The molecule has 1 aromatic carbocycles. The van der Waals surface area contributed by atoms with Crippen LogP contribution < -0.4 is 4.74 Å².